The monoisotopic (exact) mass is 438 g/mol. The van der Waals surface area contributed by atoms with Crippen LogP contribution in [0.25, 0.3) is 0 Å². The summed E-state index contributed by atoms with van der Waals surface area (Å²) < 4.78 is 0. The number of thiol groups is 1. The molecule has 1 aromatic carbocycles. The zero-order valence-electron chi connectivity index (χ0n) is 17.3. The molecule has 0 aromatic heterocycles. The Kier molecular flexibility index (Phi) is 10.3. The second-order valence-corrected chi connectivity index (χ2v) is 7.70. The largest absolute Gasteiger partial charge is 0.480 e. The maximum absolute atomic E-state index is 12.6. The Labute approximate surface area is 181 Å². The van der Waals surface area contributed by atoms with E-state index in [1.165, 1.54) is 6.92 Å². The summed E-state index contributed by atoms with van der Waals surface area (Å²) in [7, 11) is 0. The molecule has 166 valence electrons. The topological polar surface area (TPSA) is 151 Å². The van der Waals surface area contributed by atoms with Gasteiger partial charge in [0, 0.05) is 5.75 Å². The first-order chi connectivity index (χ1) is 14.1. The number of carbonyl (C=O) groups is 4. The van der Waals surface area contributed by atoms with Gasteiger partial charge in [-0.1, -0.05) is 44.2 Å². The van der Waals surface area contributed by atoms with Crippen molar-refractivity contribution < 1.29 is 24.3 Å². The van der Waals surface area contributed by atoms with Crippen molar-refractivity contribution in [3.8, 4) is 0 Å². The molecule has 1 aromatic rings. The second-order valence-electron chi connectivity index (χ2n) is 7.34. The van der Waals surface area contributed by atoms with Crippen LogP contribution in [0.2, 0.25) is 0 Å². The van der Waals surface area contributed by atoms with Crippen LogP contribution in [0, 0.1) is 5.92 Å². The lowest BCUT2D eigenvalue weighted by Crippen LogP contribution is -2.58. The highest BCUT2D eigenvalue weighted by Gasteiger charge is 2.30. The van der Waals surface area contributed by atoms with Gasteiger partial charge in [0.1, 0.15) is 18.1 Å². The highest BCUT2D eigenvalue weighted by atomic mass is 32.1. The second kappa shape index (κ2) is 12.2. The molecule has 4 atom stereocenters. The number of amides is 3. The van der Waals surface area contributed by atoms with E-state index in [1.54, 1.807) is 13.8 Å². The number of carboxylic acids is 1. The molecule has 0 fully saturated rings. The van der Waals surface area contributed by atoms with Gasteiger partial charge in [-0.2, -0.15) is 12.6 Å². The number of aliphatic carboxylic acids is 1. The predicted octanol–water partition coefficient (Wildman–Crippen LogP) is -0.299. The first-order valence-electron chi connectivity index (χ1n) is 9.61. The summed E-state index contributed by atoms with van der Waals surface area (Å²) in [6.45, 7) is 4.74. The number of hydrogen-bond donors (Lipinski definition) is 6. The smallest absolute Gasteiger partial charge is 0.325 e. The van der Waals surface area contributed by atoms with Crippen LogP contribution >= 0.6 is 12.6 Å². The summed E-state index contributed by atoms with van der Waals surface area (Å²) in [4.78, 5) is 48.3. The van der Waals surface area contributed by atoms with Crippen molar-refractivity contribution in [2.24, 2.45) is 11.7 Å². The summed E-state index contributed by atoms with van der Waals surface area (Å²) in [6, 6.07) is 5.29. The minimum absolute atomic E-state index is 0.00636. The van der Waals surface area contributed by atoms with E-state index in [4.69, 9.17) is 10.8 Å². The summed E-state index contributed by atoms with van der Waals surface area (Å²) in [5.41, 5.74) is 6.83. The minimum Gasteiger partial charge on any atom is -0.480 e. The molecule has 0 heterocycles. The Hall–Kier alpha value is -2.59. The molecule has 0 bridgehead atoms. The van der Waals surface area contributed by atoms with Gasteiger partial charge in [0.15, 0.2) is 0 Å². The van der Waals surface area contributed by atoms with Gasteiger partial charge in [0.05, 0.1) is 6.04 Å². The quantitative estimate of drug-likeness (QED) is 0.261. The fraction of sp³-hybridized carbons (Fsp3) is 0.500. The van der Waals surface area contributed by atoms with Crippen LogP contribution in [-0.2, 0) is 25.6 Å². The highest BCUT2D eigenvalue weighted by molar-refractivity contribution is 7.80. The van der Waals surface area contributed by atoms with Crippen molar-refractivity contribution in [2.45, 2.75) is 51.4 Å². The Morgan fingerprint density at radius 3 is 2.07 bits per heavy atom. The first kappa shape index (κ1) is 25.4. The molecular formula is C20H30N4O5S. The van der Waals surface area contributed by atoms with Gasteiger partial charge in [-0.05, 0) is 24.8 Å². The predicted molar refractivity (Wildman–Crippen MR) is 116 cm³/mol. The van der Waals surface area contributed by atoms with Crippen LogP contribution in [0.15, 0.2) is 30.3 Å². The SMILES string of the molecule is CC(NC(=O)C(NC(=O)C(CS)NC(=O)C(N)Cc1ccccc1)C(C)C)C(=O)O. The zero-order valence-corrected chi connectivity index (χ0v) is 18.2. The van der Waals surface area contributed by atoms with Gasteiger partial charge >= 0.3 is 5.97 Å². The number of carboxylic acid groups (broad SMARTS) is 1. The maximum atomic E-state index is 12.6. The summed E-state index contributed by atoms with van der Waals surface area (Å²) in [6.07, 6.45) is 0.303. The normalized spacial score (nSPS) is 14.9. The molecule has 3 amide bonds. The molecule has 6 N–H and O–H groups in total. The standard InChI is InChI=1S/C20H30N4O5S/c1-11(2)16(19(27)22-12(3)20(28)29)24-18(26)15(10-30)23-17(25)14(21)9-13-7-5-4-6-8-13/h4-8,11-12,14-16,30H,9-10,21H2,1-3H3,(H,22,27)(H,23,25)(H,24,26)(H,28,29). The van der Waals surface area contributed by atoms with Crippen LogP contribution in [0.5, 0.6) is 0 Å². The molecule has 30 heavy (non-hydrogen) atoms. The molecule has 0 radical (unpaired) electrons. The minimum atomic E-state index is -1.19. The van der Waals surface area contributed by atoms with E-state index in [9.17, 15) is 19.2 Å². The zero-order chi connectivity index (χ0) is 22.8. The molecule has 0 aliphatic heterocycles. The van der Waals surface area contributed by atoms with Crippen molar-refractivity contribution in [3.63, 3.8) is 0 Å². The number of carbonyl (C=O) groups excluding carboxylic acids is 3. The van der Waals surface area contributed by atoms with E-state index < -0.39 is 47.9 Å². The van der Waals surface area contributed by atoms with Crippen molar-refractivity contribution in [3.05, 3.63) is 35.9 Å². The molecule has 0 aliphatic rings. The summed E-state index contributed by atoms with van der Waals surface area (Å²) in [5.74, 6) is -3.26. The molecule has 0 saturated carbocycles. The molecule has 10 heteroatoms. The maximum Gasteiger partial charge on any atom is 0.325 e. The van der Waals surface area contributed by atoms with Crippen LogP contribution in [0.1, 0.15) is 26.3 Å². The fourth-order valence-electron chi connectivity index (χ4n) is 2.59. The first-order valence-corrected chi connectivity index (χ1v) is 10.2. The third-order valence-corrected chi connectivity index (χ3v) is 4.79. The van der Waals surface area contributed by atoms with Gasteiger partial charge in [-0.15, -0.1) is 0 Å². The fourth-order valence-corrected chi connectivity index (χ4v) is 2.84. The number of nitrogens with two attached hydrogens (primary N) is 1. The van der Waals surface area contributed by atoms with Gasteiger partial charge in [0.2, 0.25) is 17.7 Å². The Balaban J connectivity index is 2.73. The van der Waals surface area contributed by atoms with Crippen molar-refractivity contribution in [2.75, 3.05) is 5.75 Å². The Morgan fingerprint density at radius 1 is 0.967 bits per heavy atom. The van der Waals surface area contributed by atoms with Crippen molar-refractivity contribution in [1.82, 2.24) is 16.0 Å². The lowest BCUT2D eigenvalue weighted by Gasteiger charge is -2.26. The average molecular weight is 439 g/mol. The molecular weight excluding hydrogens is 408 g/mol. The molecule has 9 nitrogen and oxygen atoms in total. The van der Waals surface area contributed by atoms with E-state index >= 15 is 0 Å². The lowest BCUT2D eigenvalue weighted by atomic mass is 10.0. The van der Waals surface area contributed by atoms with E-state index in [0.29, 0.717) is 6.42 Å². The molecule has 0 saturated heterocycles. The van der Waals surface area contributed by atoms with E-state index in [-0.39, 0.29) is 11.7 Å². The number of hydrogen-bond acceptors (Lipinski definition) is 6. The lowest BCUT2D eigenvalue weighted by molar-refractivity contribution is -0.142. The van der Waals surface area contributed by atoms with Gasteiger partial charge < -0.3 is 26.8 Å². The number of nitrogens with one attached hydrogen (secondary N) is 3. The third kappa shape index (κ3) is 8.03. The summed E-state index contributed by atoms with van der Waals surface area (Å²) >= 11 is 4.11. The highest BCUT2D eigenvalue weighted by Crippen LogP contribution is 2.05. The van der Waals surface area contributed by atoms with Crippen LogP contribution in [-0.4, -0.2) is 58.7 Å². The number of rotatable bonds is 11. The molecule has 4 unspecified atom stereocenters. The average Bonchev–Trinajstić information content (AvgIpc) is 2.69. The van der Waals surface area contributed by atoms with Crippen molar-refractivity contribution in [1.29, 1.82) is 0 Å². The Bertz CT molecular complexity index is 744. The van der Waals surface area contributed by atoms with E-state index in [2.05, 4.69) is 28.6 Å². The summed E-state index contributed by atoms with van der Waals surface area (Å²) in [5, 5.41) is 16.4. The van der Waals surface area contributed by atoms with E-state index in [1.807, 2.05) is 30.3 Å². The molecule has 0 aliphatic carbocycles. The van der Waals surface area contributed by atoms with Crippen LogP contribution in [0.4, 0.5) is 0 Å². The van der Waals surface area contributed by atoms with Gasteiger partial charge in [-0.25, -0.2) is 0 Å². The number of benzene rings is 1. The molecule has 0 spiro atoms. The molecule has 1 rings (SSSR count). The van der Waals surface area contributed by atoms with Crippen LogP contribution < -0.4 is 21.7 Å². The van der Waals surface area contributed by atoms with Crippen LogP contribution in [0.3, 0.4) is 0 Å². The van der Waals surface area contributed by atoms with E-state index in [0.717, 1.165) is 5.56 Å². The van der Waals surface area contributed by atoms with Gasteiger partial charge in [-0.3, -0.25) is 19.2 Å². The third-order valence-electron chi connectivity index (χ3n) is 4.43. The van der Waals surface area contributed by atoms with Crippen molar-refractivity contribution >= 4 is 36.3 Å². The van der Waals surface area contributed by atoms with Gasteiger partial charge in [0.25, 0.3) is 0 Å². The Morgan fingerprint density at radius 2 is 1.57 bits per heavy atom.